The maximum atomic E-state index is 13.8. The Morgan fingerprint density at radius 2 is 1.75 bits per heavy atom. The summed E-state index contributed by atoms with van der Waals surface area (Å²) >= 11 is 0. The van der Waals surface area contributed by atoms with Gasteiger partial charge in [-0.05, 0) is 24.6 Å². The Hall–Kier alpha value is -2.40. The zero-order valence-corrected chi connectivity index (χ0v) is 13.5. The van der Waals surface area contributed by atoms with Crippen LogP contribution in [-0.2, 0) is 6.54 Å². The molecule has 2 aromatic rings. The van der Waals surface area contributed by atoms with E-state index in [9.17, 15) is 14.3 Å². The van der Waals surface area contributed by atoms with Crippen molar-refractivity contribution in [2.45, 2.75) is 13.0 Å². The SMILES string of the molecule is O=C(c1ccccc1O)N1CCCN(Cc2ccccc2F)CC1. The average molecular weight is 328 g/mol. The first-order valence-corrected chi connectivity index (χ1v) is 8.18. The Bertz CT molecular complexity index is 720. The van der Waals surface area contributed by atoms with Crippen LogP contribution in [0.1, 0.15) is 22.3 Å². The van der Waals surface area contributed by atoms with Crippen molar-refractivity contribution >= 4 is 5.91 Å². The normalized spacial score (nSPS) is 16.0. The lowest BCUT2D eigenvalue weighted by atomic mass is 10.1. The van der Waals surface area contributed by atoms with E-state index in [0.717, 1.165) is 13.0 Å². The molecular formula is C19H21FN2O2. The number of halogens is 1. The molecule has 3 rings (SSSR count). The molecule has 0 aliphatic carbocycles. The minimum Gasteiger partial charge on any atom is -0.507 e. The number of nitrogens with zero attached hydrogens (tertiary/aromatic N) is 2. The summed E-state index contributed by atoms with van der Waals surface area (Å²) in [7, 11) is 0. The molecule has 0 atom stereocenters. The molecule has 126 valence electrons. The molecule has 0 spiro atoms. The summed E-state index contributed by atoms with van der Waals surface area (Å²) < 4.78 is 13.8. The van der Waals surface area contributed by atoms with Crippen LogP contribution >= 0.6 is 0 Å². The van der Waals surface area contributed by atoms with Gasteiger partial charge in [-0.15, -0.1) is 0 Å². The predicted molar refractivity (Wildman–Crippen MR) is 90.3 cm³/mol. The minimum atomic E-state index is -0.191. The lowest BCUT2D eigenvalue weighted by Gasteiger charge is -2.22. The number of hydrogen-bond donors (Lipinski definition) is 1. The minimum absolute atomic E-state index is 0.00922. The van der Waals surface area contributed by atoms with Gasteiger partial charge in [-0.3, -0.25) is 9.69 Å². The summed E-state index contributed by atoms with van der Waals surface area (Å²) in [6, 6.07) is 13.4. The molecule has 0 radical (unpaired) electrons. The third-order valence-electron chi connectivity index (χ3n) is 4.36. The number of phenols is 1. The highest BCUT2D eigenvalue weighted by atomic mass is 19.1. The quantitative estimate of drug-likeness (QED) is 0.942. The summed E-state index contributed by atoms with van der Waals surface area (Å²) in [5.41, 5.74) is 1.01. The second-order valence-corrected chi connectivity index (χ2v) is 6.03. The summed E-state index contributed by atoms with van der Waals surface area (Å²) in [5, 5.41) is 9.86. The zero-order valence-electron chi connectivity index (χ0n) is 13.5. The third-order valence-corrected chi connectivity index (χ3v) is 4.36. The number of hydrogen-bond acceptors (Lipinski definition) is 3. The number of carbonyl (C=O) groups excluding carboxylic acids is 1. The van der Waals surface area contributed by atoms with E-state index in [1.807, 2.05) is 6.07 Å². The predicted octanol–water partition coefficient (Wildman–Crippen LogP) is 2.88. The maximum Gasteiger partial charge on any atom is 0.257 e. The van der Waals surface area contributed by atoms with Gasteiger partial charge in [-0.25, -0.2) is 4.39 Å². The van der Waals surface area contributed by atoms with Gasteiger partial charge in [0.05, 0.1) is 5.56 Å². The molecule has 4 nitrogen and oxygen atoms in total. The number of phenolic OH excluding ortho intramolecular Hbond substituents is 1. The van der Waals surface area contributed by atoms with E-state index in [0.29, 0.717) is 37.3 Å². The van der Waals surface area contributed by atoms with Gasteiger partial charge in [0, 0.05) is 38.3 Å². The number of para-hydroxylation sites is 1. The average Bonchev–Trinajstić information content (AvgIpc) is 2.82. The van der Waals surface area contributed by atoms with E-state index in [1.165, 1.54) is 12.1 Å². The van der Waals surface area contributed by atoms with Crippen LogP contribution < -0.4 is 0 Å². The number of benzene rings is 2. The molecule has 0 saturated carbocycles. The van der Waals surface area contributed by atoms with Crippen molar-refractivity contribution in [3.63, 3.8) is 0 Å². The molecule has 24 heavy (non-hydrogen) atoms. The van der Waals surface area contributed by atoms with Crippen LogP contribution in [0.3, 0.4) is 0 Å². The zero-order chi connectivity index (χ0) is 16.9. The van der Waals surface area contributed by atoms with E-state index >= 15 is 0 Å². The van der Waals surface area contributed by atoms with Crippen LogP contribution in [0.2, 0.25) is 0 Å². The van der Waals surface area contributed by atoms with Crippen LogP contribution in [0, 0.1) is 5.82 Å². The first-order chi connectivity index (χ1) is 11.6. The van der Waals surface area contributed by atoms with Gasteiger partial charge < -0.3 is 10.0 Å². The first-order valence-electron chi connectivity index (χ1n) is 8.18. The molecule has 1 aliphatic heterocycles. The van der Waals surface area contributed by atoms with E-state index in [2.05, 4.69) is 4.90 Å². The van der Waals surface area contributed by atoms with Crippen LogP contribution in [-0.4, -0.2) is 47.0 Å². The molecule has 1 N–H and O–H groups in total. The summed E-state index contributed by atoms with van der Waals surface area (Å²) in [4.78, 5) is 16.5. The second-order valence-electron chi connectivity index (χ2n) is 6.03. The summed E-state index contributed by atoms with van der Waals surface area (Å²) in [6.07, 6.45) is 0.827. The van der Waals surface area contributed by atoms with Gasteiger partial charge in [0.2, 0.25) is 0 Å². The Labute approximate surface area is 141 Å². The summed E-state index contributed by atoms with van der Waals surface area (Å²) in [5.74, 6) is -0.334. The van der Waals surface area contributed by atoms with Gasteiger partial charge in [0.15, 0.2) is 0 Å². The Balaban J connectivity index is 1.64. The molecule has 1 saturated heterocycles. The van der Waals surface area contributed by atoms with Crippen molar-refractivity contribution in [2.75, 3.05) is 26.2 Å². The van der Waals surface area contributed by atoms with E-state index in [1.54, 1.807) is 35.2 Å². The fourth-order valence-electron chi connectivity index (χ4n) is 3.02. The van der Waals surface area contributed by atoms with Crippen LogP contribution in [0.25, 0.3) is 0 Å². The number of carbonyl (C=O) groups is 1. The van der Waals surface area contributed by atoms with E-state index < -0.39 is 0 Å². The summed E-state index contributed by atoms with van der Waals surface area (Å²) in [6.45, 7) is 3.26. The number of rotatable bonds is 3. The third kappa shape index (κ3) is 3.74. The maximum absolute atomic E-state index is 13.8. The molecule has 0 aromatic heterocycles. The number of aromatic hydroxyl groups is 1. The van der Waals surface area contributed by atoms with Gasteiger partial charge in [-0.1, -0.05) is 30.3 Å². The van der Waals surface area contributed by atoms with Gasteiger partial charge in [0.1, 0.15) is 11.6 Å². The molecule has 1 heterocycles. The lowest BCUT2D eigenvalue weighted by molar-refractivity contribution is 0.0758. The smallest absolute Gasteiger partial charge is 0.257 e. The topological polar surface area (TPSA) is 43.8 Å². The van der Waals surface area contributed by atoms with Crippen LogP contribution in [0.5, 0.6) is 5.75 Å². The van der Waals surface area contributed by atoms with Crippen molar-refractivity contribution in [3.05, 3.63) is 65.5 Å². The molecule has 2 aromatic carbocycles. The molecule has 1 fully saturated rings. The van der Waals surface area contributed by atoms with Gasteiger partial charge in [-0.2, -0.15) is 0 Å². The Morgan fingerprint density at radius 3 is 2.54 bits per heavy atom. The highest BCUT2D eigenvalue weighted by Crippen LogP contribution is 2.19. The van der Waals surface area contributed by atoms with Crippen molar-refractivity contribution in [1.29, 1.82) is 0 Å². The highest BCUT2D eigenvalue weighted by Gasteiger charge is 2.22. The standard InChI is InChI=1S/C19H21FN2O2/c20-17-8-3-1-6-15(17)14-21-10-5-11-22(13-12-21)19(24)16-7-2-4-9-18(16)23/h1-4,6-9,23H,5,10-14H2. The number of amides is 1. The van der Waals surface area contributed by atoms with Crippen molar-refractivity contribution in [3.8, 4) is 5.75 Å². The van der Waals surface area contributed by atoms with Gasteiger partial charge >= 0.3 is 0 Å². The molecular weight excluding hydrogens is 307 g/mol. The largest absolute Gasteiger partial charge is 0.507 e. The monoisotopic (exact) mass is 328 g/mol. The fourth-order valence-corrected chi connectivity index (χ4v) is 3.02. The van der Waals surface area contributed by atoms with Crippen LogP contribution in [0.15, 0.2) is 48.5 Å². The van der Waals surface area contributed by atoms with Crippen molar-refractivity contribution in [2.24, 2.45) is 0 Å². The van der Waals surface area contributed by atoms with Gasteiger partial charge in [0.25, 0.3) is 5.91 Å². The fraction of sp³-hybridized carbons (Fsp3) is 0.316. The molecule has 5 heteroatoms. The molecule has 1 amide bonds. The van der Waals surface area contributed by atoms with E-state index in [-0.39, 0.29) is 17.5 Å². The molecule has 1 aliphatic rings. The van der Waals surface area contributed by atoms with Crippen molar-refractivity contribution in [1.82, 2.24) is 9.80 Å². The molecule has 0 unspecified atom stereocenters. The Kier molecular flexibility index (Phi) is 5.11. The first kappa shape index (κ1) is 16.5. The highest BCUT2D eigenvalue weighted by molar-refractivity contribution is 5.96. The van der Waals surface area contributed by atoms with Crippen molar-refractivity contribution < 1.29 is 14.3 Å². The molecule has 0 bridgehead atoms. The lowest BCUT2D eigenvalue weighted by Crippen LogP contribution is -2.35. The second kappa shape index (κ2) is 7.45. The van der Waals surface area contributed by atoms with Crippen LogP contribution in [0.4, 0.5) is 4.39 Å². The van der Waals surface area contributed by atoms with E-state index in [4.69, 9.17) is 0 Å². The Morgan fingerprint density at radius 1 is 1.00 bits per heavy atom.